The number of hydrogen-bond acceptors (Lipinski definition) is 3. The van der Waals surface area contributed by atoms with Gasteiger partial charge in [0.05, 0.1) is 4.90 Å². The summed E-state index contributed by atoms with van der Waals surface area (Å²) in [5.74, 6) is 0.366. The molecular formula is C16H26N2O2S. The van der Waals surface area contributed by atoms with Gasteiger partial charge in [-0.25, -0.2) is 13.1 Å². The van der Waals surface area contributed by atoms with Gasteiger partial charge < -0.3 is 5.73 Å². The van der Waals surface area contributed by atoms with Crippen molar-refractivity contribution >= 4 is 10.0 Å². The molecule has 0 bridgehead atoms. The summed E-state index contributed by atoms with van der Waals surface area (Å²) >= 11 is 0. The summed E-state index contributed by atoms with van der Waals surface area (Å²) in [6.45, 7) is 4.26. The summed E-state index contributed by atoms with van der Waals surface area (Å²) in [6, 6.07) is 5.09. The molecule has 1 aromatic rings. The minimum Gasteiger partial charge on any atom is -0.329 e. The summed E-state index contributed by atoms with van der Waals surface area (Å²) in [4.78, 5) is 0.333. The second-order valence-electron chi connectivity index (χ2n) is 6.11. The molecule has 5 heteroatoms. The number of rotatable bonds is 5. The molecule has 1 atom stereocenters. The van der Waals surface area contributed by atoms with E-state index in [4.69, 9.17) is 5.73 Å². The molecule has 0 amide bonds. The summed E-state index contributed by atoms with van der Waals surface area (Å²) in [6.07, 6.45) is 5.73. The maximum Gasteiger partial charge on any atom is 0.240 e. The van der Waals surface area contributed by atoms with E-state index in [1.54, 1.807) is 12.1 Å². The summed E-state index contributed by atoms with van der Waals surface area (Å²) < 4.78 is 27.9. The Morgan fingerprint density at radius 3 is 2.43 bits per heavy atom. The van der Waals surface area contributed by atoms with Crippen molar-refractivity contribution in [1.29, 1.82) is 0 Å². The van der Waals surface area contributed by atoms with Crippen LogP contribution in [0.5, 0.6) is 0 Å². The Balaban J connectivity index is 2.16. The molecule has 2 rings (SSSR count). The van der Waals surface area contributed by atoms with E-state index in [1.807, 2.05) is 19.9 Å². The molecule has 1 fully saturated rings. The molecule has 0 heterocycles. The van der Waals surface area contributed by atoms with Gasteiger partial charge in [0.2, 0.25) is 10.0 Å². The number of benzene rings is 1. The topological polar surface area (TPSA) is 72.2 Å². The number of nitrogens with one attached hydrogen (secondary N) is 1. The van der Waals surface area contributed by atoms with Crippen LogP contribution in [0.25, 0.3) is 0 Å². The van der Waals surface area contributed by atoms with Crippen molar-refractivity contribution in [1.82, 2.24) is 4.72 Å². The predicted octanol–water partition coefficient (Wildman–Crippen LogP) is 2.49. The number of aryl methyl sites for hydroxylation is 2. The third kappa shape index (κ3) is 4.05. The first kappa shape index (κ1) is 16.5. The Kier molecular flexibility index (Phi) is 5.41. The zero-order valence-electron chi connectivity index (χ0n) is 12.9. The van der Waals surface area contributed by atoms with E-state index >= 15 is 0 Å². The van der Waals surface area contributed by atoms with Gasteiger partial charge in [-0.05, 0) is 55.9 Å². The Hall–Kier alpha value is -0.910. The highest BCUT2D eigenvalue weighted by Crippen LogP contribution is 2.27. The minimum atomic E-state index is -3.49. The highest BCUT2D eigenvalue weighted by atomic mass is 32.2. The fourth-order valence-electron chi connectivity index (χ4n) is 3.02. The van der Waals surface area contributed by atoms with Crippen molar-refractivity contribution in [2.45, 2.75) is 56.9 Å². The van der Waals surface area contributed by atoms with Gasteiger partial charge in [0.25, 0.3) is 0 Å². The van der Waals surface area contributed by atoms with Crippen LogP contribution in [0.2, 0.25) is 0 Å². The van der Waals surface area contributed by atoms with Gasteiger partial charge in [0.1, 0.15) is 0 Å². The van der Waals surface area contributed by atoms with Crippen LogP contribution in [-0.2, 0) is 10.0 Å². The van der Waals surface area contributed by atoms with E-state index in [1.165, 1.54) is 19.3 Å². The second-order valence-corrected chi connectivity index (χ2v) is 7.82. The lowest BCUT2D eigenvalue weighted by Crippen LogP contribution is -2.45. The molecule has 1 aliphatic carbocycles. The zero-order valence-corrected chi connectivity index (χ0v) is 13.7. The van der Waals surface area contributed by atoms with Crippen molar-refractivity contribution in [3.05, 3.63) is 29.3 Å². The van der Waals surface area contributed by atoms with Crippen molar-refractivity contribution < 1.29 is 8.42 Å². The lowest BCUT2D eigenvalue weighted by atomic mass is 9.84. The zero-order chi connectivity index (χ0) is 15.5. The van der Waals surface area contributed by atoms with Crippen molar-refractivity contribution in [3.8, 4) is 0 Å². The fraction of sp³-hybridized carbons (Fsp3) is 0.625. The lowest BCUT2D eigenvalue weighted by molar-refractivity contribution is 0.294. The molecule has 21 heavy (non-hydrogen) atoms. The fourth-order valence-corrected chi connectivity index (χ4v) is 4.42. The molecule has 0 spiro atoms. The Bertz CT molecular complexity index is 578. The monoisotopic (exact) mass is 310 g/mol. The summed E-state index contributed by atoms with van der Waals surface area (Å²) in [5, 5.41) is 0. The van der Waals surface area contributed by atoms with Crippen molar-refractivity contribution in [2.75, 3.05) is 6.54 Å². The van der Waals surface area contributed by atoms with E-state index in [0.29, 0.717) is 17.4 Å². The van der Waals surface area contributed by atoms with Crippen LogP contribution in [0.4, 0.5) is 0 Å². The van der Waals surface area contributed by atoms with Gasteiger partial charge in [0.15, 0.2) is 0 Å². The molecule has 118 valence electrons. The SMILES string of the molecule is Cc1ccc(S(=O)(=O)NC(CN)C2CCCCC2)cc1C. The Morgan fingerprint density at radius 1 is 1.19 bits per heavy atom. The van der Waals surface area contributed by atoms with Gasteiger partial charge >= 0.3 is 0 Å². The largest absolute Gasteiger partial charge is 0.329 e. The van der Waals surface area contributed by atoms with E-state index < -0.39 is 10.0 Å². The average Bonchev–Trinajstić information content (AvgIpc) is 2.48. The van der Waals surface area contributed by atoms with Crippen LogP contribution in [-0.4, -0.2) is 21.0 Å². The van der Waals surface area contributed by atoms with Gasteiger partial charge in [-0.15, -0.1) is 0 Å². The summed E-state index contributed by atoms with van der Waals surface area (Å²) in [7, 11) is -3.49. The molecular weight excluding hydrogens is 284 g/mol. The van der Waals surface area contributed by atoms with Crippen molar-refractivity contribution in [3.63, 3.8) is 0 Å². The molecule has 0 aliphatic heterocycles. The lowest BCUT2D eigenvalue weighted by Gasteiger charge is -2.29. The number of nitrogens with two attached hydrogens (primary N) is 1. The van der Waals surface area contributed by atoms with Crippen LogP contribution < -0.4 is 10.5 Å². The summed E-state index contributed by atoms with van der Waals surface area (Å²) in [5.41, 5.74) is 7.90. The second kappa shape index (κ2) is 6.90. The first-order valence-electron chi connectivity index (χ1n) is 7.73. The van der Waals surface area contributed by atoms with E-state index in [2.05, 4.69) is 4.72 Å². The molecule has 0 aromatic heterocycles. The van der Waals surface area contributed by atoms with Crippen LogP contribution in [0, 0.1) is 19.8 Å². The van der Waals surface area contributed by atoms with E-state index in [0.717, 1.165) is 24.0 Å². The molecule has 4 nitrogen and oxygen atoms in total. The molecule has 1 aliphatic rings. The molecule has 0 radical (unpaired) electrons. The number of sulfonamides is 1. The first-order chi connectivity index (χ1) is 9.94. The maximum absolute atomic E-state index is 12.5. The van der Waals surface area contributed by atoms with Crippen LogP contribution in [0.3, 0.4) is 0 Å². The minimum absolute atomic E-state index is 0.156. The maximum atomic E-state index is 12.5. The predicted molar refractivity (Wildman–Crippen MR) is 85.7 cm³/mol. The molecule has 1 aromatic carbocycles. The van der Waals surface area contributed by atoms with Crippen LogP contribution >= 0.6 is 0 Å². The average molecular weight is 310 g/mol. The van der Waals surface area contributed by atoms with Gasteiger partial charge in [-0.1, -0.05) is 25.3 Å². The highest BCUT2D eigenvalue weighted by molar-refractivity contribution is 7.89. The Morgan fingerprint density at radius 2 is 1.86 bits per heavy atom. The Labute approximate surface area is 128 Å². The van der Waals surface area contributed by atoms with E-state index in [9.17, 15) is 8.42 Å². The van der Waals surface area contributed by atoms with Gasteiger partial charge in [-0.3, -0.25) is 0 Å². The smallest absolute Gasteiger partial charge is 0.240 e. The van der Waals surface area contributed by atoms with Crippen molar-refractivity contribution in [2.24, 2.45) is 11.7 Å². The van der Waals surface area contributed by atoms with Crippen LogP contribution in [0.1, 0.15) is 43.2 Å². The van der Waals surface area contributed by atoms with E-state index in [-0.39, 0.29) is 6.04 Å². The molecule has 1 unspecified atom stereocenters. The number of hydrogen-bond donors (Lipinski definition) is 2. The normalized spacial score (nSPS) is 18.6. The van der Waals surface area contributed by atoms with Crippen LogP contribution in [0.15, 0.2) is 23.1 Å². The highest BCUT2D eigenvalue weighted by Gasteiger charge is 2.27. The van der Waals surface area contributed by atoms with Gasteiger partial charge in [0, 0.05) is 12.6 Å². The third-order valence-corrected chi connectivity index (χ3v) is 6.06. The third-order valence-electron chi connectivity index (χ3n) is 4.57. The molecule has 0 saturated heterocycles. The quantitative estimate of drug-likeness (QED) is 0.877. The first-order valence-corrected chi connectivity index (χ1v) is 9.22. The van der Waals surface area contributed by atoms with Gasteiger partial charge in [-0.2, -0.15) is 0 Å². The standard InChI is InChI=1S/C16H26N2O2S/c1-12-8-9-15(10-13(12)2)21(19,20)18-16(11-17)14-6-4-3-5-7-14/h8-10,14,16,18H,3-7,11,17H2,1-2H3. The molecule has 3 N–H and O–H groups in total. The molecule has 1 saturated carbocycles.